The van der Waals surface area contributed by atoms with Crippen LogP contribution in [0.15, 0.2) is 12.1 Å². The van der Waals surface area contributed by atoms with Crippen LogP contribution in [-0.2, 0) is 4.74 Å². The van der Waals surface area contributed by atoms with Crippen LogP contribution in [0.3, 0.4) is 0 Å². The van der Waals surface area contributed by atoms with Gasteiger partial charge in [-0.2, -0.15) is 0 Å². The van der Waals surface area contributed by atoms with Gasteiger partial charge in [-0.25, -0.2) is 4.79 Å². The molecule has 1 aromatic carbocycles. The third kappa shape index (κ3) is 5.28. The normalized spacial score (nSPS) is 11.0. The average molecular weight is 344 g/mol. The number of nitrogens with zero attached hydrogens (tertiary/aromatic N) is 2. The molecule has 0 atom stereocenters. The lowest BCUT2D eigenvalue weighted by Crippen LogP contribution is -2.27. The monoisotopic (exact) mass is 343 g/mol. The Kier molecular flexibility index (Phi) is 6.20. The number of anilines is 2. The zero-order valence-electron chi connectivity index (χ0n) is 14.0. The number of hydrogen-bond donors (Lipinski definition) is 1. The van der Waals surface area contributed by atoms with E-state index in [-0.39, 0.29) is 16.4 Å². The van der Waals surface area contributed by atoms with Crippen LogP contribution >= 0.6 is 11.6 Å². The molecule has 7 nitrogen and oxygen atoms in total. The molecule has 0 unspecified atom stereocenters. The SMILES string of the molecule is CCN(CC)c1cc(NC(=O)OC(C)(C)C)c([N+](=O)[O-])cc1Cl. The van der Waals surface area contributed by atoms with Crippen molar-refractivity contribution in [2.75, 3.05) is 23.3 Å². The number of hydrogen-bond acceptors (Lipinski definition) is 5. The second-order valence-electron chi connectivity index (χ2n) is 5.88. The van der Waals surface area contributed by atoms with E-state index < -0.39 is 16.6 Å². The summed E-state index contributed by atoms with van der Waals surface area (Å²) >= 11 is 6.15. The van der Waals surface area contributed by atoms with Gasteiger partial charge in [0.05, 0.1) is 15.6 Å². The molecule has 0 fully saturated rings. The van der Waals surface area contributed by atoms with Crippen LogP contribution in [0.4, 0.5) is 21.9 Å². The molecule has 0 aliphatic heterocycles. The maximum atomic E-state index is 11.9. The lowest BCUT2D eigenvalue weighted by molar-refractivity contribution is -0.383. The lowest BCUT2D eigenvalue weighted by Gasteiger charge is -2.23. The van der Waals surface area contributed by atoms with Crippen LogP contribution in [0.1, 0.15) is 34.6 Å². The molecule has 8 heteroatoms. The van der Waals surface area contributed by atoms with Crippen molar-refractivity contribution in [2.45, 2.75) is 40.2 Å². The van der Waals surface area contributed by atoms with Crippen molar-refractivity contribution in [1.29, 1.82) is 0 Å². The van der Waals surface area contributed by atoms with Gasteiger partial charge in [0.1, 0.15) is 11.3 Å². The highest BCUT2D eigenvalue weighted by atomic mass is 35.5. The maximum absolute atomic E-state index is 11.9. The molecule has 1 aromatic rings. The summed E-state index contributed by atoms with van der Waals surface area (Å²) < 4.78 is 5.14. The predicted molar refractivity (Wildman–Crippen MR) is 91.5 cm³/mol. The Labute approximate surface area is 140 Å². The van der Waals surface area contributed by atoms with Gasteiger partial charge in [-0.3, -0.25) is 15.4 Å². The number of nitro benzene ring substituents is 1. The number of amides is 1. The van der Waals surface area contributed by atoms with Crippen LogP contribution in [0.25, 0.3) is 0 Å². The lowest BCUT2D eigenvalue weighted by atomic mass is 10.2. The smallest absolute Gasteiger partial charge is 0.412 e. The van der Waals surface area contributed by atoms with Crippen molar-refractivity contribution in [1.82, 2.24) is 0 Å². The number of rotatable bonds is 5. The van der Waals surface area contributed by atoms with Crippen molar-refractivity contribution in [3.63, 3.8) is 0 Å². The van der Waals surface area contributed by atoms with Crippen molar-refractivity contribution in [3.05, 3.63) is 27.3 Å². The number of halogens is 1. The molecular formula is C15H22ClN3O4. The summed E-state index contributed by atoms with van der Waals surface area (Å²) in [5.41, 5.74) is -0.312. The molecule has 1 rings (SSSR count). The molecule has 0 saturated heterocycles. The summed E-state index contributed by atoms with van der Waals surface area (Å²) in [4.78, 5) is 24.5. The van der Waals surface area contributed by atoms with Gasteiger partial charge in [0.15, 0.2) is 0 Å². The van der Waals surface area contributed by atoms with E-state index in [9.17, 15) is 14.9 Å². The topological polar surface area (TPSA) is 84.7 Å². The van der Waals surface area contributed by atoms with Crippen molar-refractivity contribution in [2.24, 2.45) is 0 Å². The van der Waals surface area contributed by atoms with Gasteiger partial charge in [-0.1, -0.05) is 11.6 Å². The Hall–Kier alpha value is -2.02. The van der Waals surface area contributed by atoms with Gasteiger partial charge >= 0.3 is 6.09 Å². The van der Waals surface area contributed by atoms with E-state index in [0.717, 1.165) is 0 Å². The largest absolute Gasteiger partial charge is 0.444 e. The Bertz CT molecular complexity index is 595. The Balaban J connectivity index is 3.24. The van der Waals surface area contributed by atoms with Gasteiger partial charge in [0, 0.05) is 19.2 Å². The Morgan fingerprint density at radius 1 is 1.35 bits per heavy atom. The summed E-state index contributed by atoms with van der Waals surface area (Å²) in [7, 11) is 0. The summed E-state index contributed by atoms with van der Waals surface area (Å²) in [6, 6.07) is 2.74. The molecule has 0 radical (unpaired) electrons. The highest BCUT2D eigenvalue weighted by Gasteiger charge is 2.23. The average Bonchev–Trinajstić information content (AvgIpc) is 2.40. The second-order valence-corrected chi connectivity index (χ2v) is 6.28. The Morgan fingerprint density at radius 2 is 1.91 bits per heavy atom. The molecule has 0 spiro atoms. The van der Waals surface area contributed by atoms with E-state index in [1.807, 2.05) is 18.7 Å². The minimum absolute atomic E-state index is 0.0514. The van der Waals surface area contributed by atoms with Crippen LogP contribution < -0.4 is 10.2 Å². The number of carbonyl (C=O) groups excluding carboxylic acids is 1. The summed E-state index contributed by atoms with van der Waals surface area (Å²) in [6.07, 6.45) is -0.756. The molecule has 0 heterocycles. The van der Waals surface area contributed by atoms with E-state index in [4.69, 9.17) is 16.3 Å². The van der Waals surface area contributed by atoms with Crippen LogP contribution in [0, 0.1) is 10.1 Å². The van der Waals surface area contributed by atoms with E-state index in [1.165, 1.54) is 12.1 Å². The zero-order chi connectivity index (χ0) is 17.8. The minimum Gasteiger partial charge on any atom is -0.444 e. The number of carbonyl (C=O) groups is 1. The molecule has 0 aliphatic carbocycles. The molecule has 23 heavy (non-hydrogen) atoms. The first-order valence-corrected chi connectivity index (χ1v) is 7.69. The van der Waals surface area contributed by atoms with Crippen LogP contribution in [0.5, 0.6) is 0 Å². The first-order chi connectivity index (χ1) is 10.6. The highest BCUT2D eigenvalue weighted by molar-refractivity contribution is 6.33. The second kappa shape index (κ2) is 7.50. The maximum Gasteiger partial charge on any atom is 0.412 e. The van der Waals surface area contributed by atoms with E-state index in [1.54, 1.807) is 20.8 Å². The summed E-state index contributed by atoms with van der Waals surface area (Å²) in [6.45, 7) is 10.4. The molecular weight excluding hydrogens is 322 g/mol. The molecule has 0 aliphatic rings. The van der Waals surface area contributed by atoms with Gasteiger partial charge < -0.3 is 9.64 Å². The first-order valence-electron chi connectivity index (χ1n) is 7.32. The van der Waals surface area contributed by atoms with Gasteiger partial charge in [-0.15, -0.1) is 0 Å². The van der Waals surface area contributed by atoms with Crippen LogP contribution in [-0.4, -0.2) is 29.7 Å². The molecule has 0 saturated carbocycles. The third-order valence-electron chi connectivity index (χ3n) is 3.00. The number of benzene rings is 1. The molecule has 0 aromatic heterocycles. The molecule has 128 valence electrons. The Morgan fingerprint density at radius 3 is 2.35 bits per heavy atom. The zero-order valence-corrected chi connectivity index (χ0v) is 14.7. The summed E-state index contributed by atoms with van der Waals surface area (Å²) in [5, 5.41) is 13.9. The van der Waals surface area contributed by atoms with Gasteiger partial charge in [0.25, 0.3) is 5.69 Å². The standard InChI is InChI=1S/C15H22ClN3O4/c1-6-18(7-2)12-9-11(13(19(21)22)8-10(12)16)17-14(20)23-15(3,4)5/h8-9H,6-7H2,1-5H3,(H,17,20). The quantitative estimate of drug-likeness (QED) is 0.631. The number of ether oxygens (including phenoxy) is 1. The fourth-order valence-corrected chi connectivity index (χ4v) is 2.30. The molecule has 1 amide bonds. The van der Waals surface area contributed by atoms with Crippen molar-refractivity contribution >= 4 is 34.8 Å². The fourth-order valence-electron chi connectivity index (χ4n) is 2.02. The van der Waals surface area contributed by atoms with E-state index >= 15 is 0 Å². The number of nitro groups is 1. The molecule has 1 N–H and O–H groups in total. The first kappa shape index (κ1) is 19.0. The third-order valence-corrected chi connectivity index (χ3v) is 3.30. The van der Waals surface area contributed by atoms with E-state index in [0.29, 0.717) is 18.8 Å². The minimum atomic E-state index is -0.756. The van der Waals surface area contributed by atoms with Gasteiger partial charge in [0.2, 0.25) is 0 Å². The van der Waals surface area contributed by atoms with E-state index in [2.05, 4.69) is 5.32 Å². The molecule has 0 bridgehead atoms. The predicted octanol–water partition coefficient (Wildman–Crippen LogP) is 4.44. The fraction of sp³-hybridized carbons (Fsp3) is 0.533. The highest BCUT2D eigenvalue weighted by Crippen LogP contribution is 2.36. The van der Waals surface area contributed by atoms with Crippen LogP contribution in [0.2, 0.25) is 5.02 Å². The van der Waals surface area contributed by atoms with Gasteiger partial charge in [-0.05, 0) is 40.7 Å². The van der Waals surface area contributed by atoms with Crippen molar-refractivity contribution < 1.29 is 14.5 Å². The summed E-state index contributed by atoms with van der Waals surface area (Å²) in [5.74, 6) is 0. The van der Waals surface area contributed by atoms with Crippen molar-refractivity contribution in [3.8, 4) is 0 Å². The number of nitrogens with one attached hydrogen (secondary N) is 1.